The zero-order valence-corrected chi connectivity index (χ0v) is 6.18. The van der Waals surface area contributed by atoms with Gasteiger partial charge in [-0.15, -0.1) is 0 Å². The average molecular weight is 164 g/mol. The fourth-order valence-corrected chi connectivity index (χ4v) is 1.45. The summed E-state index contributed by atoms with van der Waals surface area (Å²) in [5.74, 6) is -1.66. The molecule has 11 heavy (non-hydrogen) atoms. The lowest BCUT2D eigenvalue weighted by Crippen LogP contribution is -2.44. The third kappa shape index (κ3) is 1.34. The van der Waals surface area contributed by atoms with Crippen molar-refractivity contribution in [2.75, 3.05) is 0 Å². The molecule has 1 rings (SSSR count). The number of aliphatic carboxylic acids is 1. The van der Waals surface area contributed by atoms with Crippen molar-refractivity contribution in [1.82, 2.24) is 0 Å². The van der Waals surface area contributed by atoms with E-state index in [0.717, 1.165) is 0 Å². The van der Waals surface area contributed by atoms with Crippen LogP contribution in [0.5, 0.6) is 0 Å². The van der Waals surface area contributed by atoms with Crippen molar-refractivity contribution in [1.29, 1.82) is 0 Å². The molecule has 64 valence electrons. The summed E-state index contributed by atoms with van der Waals surface area (Å²) in [6, 6.07) is 0. The summed E-state index contributed by atoms with van der Waals surface area (Å²) >= 11 is 0. The van der Waals surface area contributed by atoms with Crippen LogP contribution in [0.1, 0.15) is 19.8 Å². The van der Waals surface area contributed by atoms with E-state index in [2.05, 4.69) is 0 Å². The predicted molar refractivity (Wildman–Crippen MR) is 34.5 cm³/mol. The Bertz CT molecular complexity index is 173. The van der Waals surface area contributed by atoms with Crippen molar-refractivity contribution in [2.45, 2.75) is 26.2 Å². The first-order valence-electron chi connectivity index (χ1n) is 3.47. The van der Waals surface area contributed by atoms with Crippen LogP contribution in [0.2, 0.25) is 0 Å². The van der Waals surface area contributed by atoms with Gasteiger partial charge in [0.2, 0.25) is 6.43 Å². The van der Waals surface area contributed by atoms with Gasteiger partial charge < -0.3 is 5.11 Å². The molecule has 0 aromatic heterocycles. The van der Waals surface area contributed by atoms with Gasteiger partial charge in [0.05, 0.1) is 5.41 Å². The molecule has 0 bridgehead atoms. The van der Waals surface area contributed by atoms with Gasteiger partial charge in [0.15, 0.2) is 0 Å². The van der Waals surface area contributed by atoms with Gasteiger partial charge in [0.25, 0.3) is 0 Å². The summed E-state index contributed by atoms with van der Waals surface area (Å²) in [6.45, 7) is 1.51. The fourth-order valence-electron chi connectivity index (χ4n) is 1.45. The molecule has 0 aliphatic heterocycles. The number of halogens is 2. The van der Waals surface area contributed by atoms with Crippen LogP contribution in [-0.4, -0.2) is 17.5 Å². The molecule has 0 amide bonds. The molecule has 1 saturated carbocycles. The minimum Gasteiger partial charge on any atom is -0.481 e. The summed E-state index contributed by atoms with van der Waals surface area (Å²) in [5.41, 5.74) is -0.888. The molecule has 0 saturated heterocycles. The molecule has 0 atom stereocenters. The molecule has 0 unspecified atom stereocenters. The minimum absolute atomic E-state index is 0.111. The highest BCUT2D eigenvalue weighted by Crippen LogP contribution is 2.47. The van der Waals surface area contributed by atoms with E-state index in [1.54, 1.807) is 0 Å². The van der Waals surface area contributed by atoms with Crippen LogP contribution in [0.25, 0.3) is 0 Å². The largest absolute Gasteiger partial charge is 0.481 e. The number of carbonyl (C=O) groups is 1. The molecule has 0 spiro atoms. The van der Waals surface area contributed by atoms with E-state index in [-0.39, 0.29) is 12.8 Å². The highest BCUT2D eigenvalue weighted by Gasteiger charge is 2.49. The first kappa shape index (κ1) is 8.43. The van der Waals surface area contributed by atoms with Crippen molar-refractivity contribution in [3.05, 3.63) is 0 Å². The third-order valence-corrected chi connectivity index (χ3v) is 2.30. The zero-order chi connectivity index (χ0) is 8.65. The Balaban J connectivity index is 2.44. The maximum atomic E-state index is 11.9. The lowest BCUT2D eigenvalue weighted by atomic mass is 9.63. The number of rotatable bonds is 2. The SMILES string of the molecule is CC1(C(=O)O)CC(C(F)F)C1. The van der Waals surface area contributed by atoms with Crippen molar-refractivity contribution < 1.29 is 18.7 Å². The molecular formula is C7H10F2O2. The highest BCUT2D eigenvalue weighted by molar-refractivity contribution is 5.75. The van der Waals surface area contributed by atoms with Crippen LogP contribution in [0.4, 0.5) is 8.78 Å². The number of carboxylic acid groups (broad SMARTS) is 1. The Morgan fingerprint density at radius 2 is 2.09 bits per heavy atom. The standard InChI is InChI=1S/C7H10F2O2/c1-7(6(10)11)2-4(3-7)5(8)9/h4-5H,2-3H2,1H3,(H,10,11). The number of carboxylic acids is 1. The van der Waals surface area contributed by atoms with E-state index >= 15 is 0 Å². The van der Waals surface area contributed by atoms with Crippen LogP contribution in [-0.2, 0) is 4.79 Å². The van der Waals surface area contributed by atoms with E-state index in [1.807, 2.05) is 0 Å². The second-order valence-electron chi connectivity index (χ2n) is 3.37. The van der Waals surface area contributed by atoms with Crippen LogP contribution in [0, 0.1) is 11.3 Å². The molecule has 0 radical (unpaired) electrons. The van der Waals surface area contributed by atoms with E-state index in [9.17, 15) is 13.6 Å². The maximum absolute atomic E-state index is 11.9. The van der Waals surface area contributed by atoms with E-state index in [4.69, 9.17) is 5.11 Å². The van der Waals surface area contributed by atoms with E-state index in [0.29, 0.717) is 0 Å². The van der Waals surface area contributed by atoms with Gasteiger partial charge in [0.1, 0.15) is 0 Å². The molecule has 0 aromatic rings. The molecule has 1 aliphatic rings. The summed E-state index contributed by atoms with van der Waals surface area (Å²) in [5, 5.41) is 8.55. The second kappa shape index (κ2) is 2.43. The average Bonchev–Trinajstić information content (AvgIpc) is 1.79. The molecule has 2 nitrogen and oxygen atoms in total. The Hall–Kier alpha value is -0.670. The third-order valence-electron chi connectivity index (χ3n) is 2.30. The highest BCUT2D eigenvalue weighted by atomic mass is 19.3. The topological polar surface area (TPSA) is 37.3 Å². The molecule has 0 heterocycles. The van der Waals surface area contributed by atoms with Gasteiger partial charge in [-0.05, 0) is 19.8 Å². The molecule has 4 heteroatoms. The van der Waals surface area contributed by atoms with Crippen LogP contribution in [0.15, 0.2) is 0 Å². The second-order valence-corrected chi connectivity index (χ2v) is 3.37. The van der Waals surface area contributed by atoms with Crippen LogP contribution < -0.4 is 0 Å². The van der Waals surface area contributed by atoms with Gasteiger partial charge in [-0.2, -0.15) is 0 Å². The van der Waals surface area contributed by atoms with Gasteiger partial charge >= 0.3 is 5.97 Å². The van der Waals surface area contributed by atoms with Crippen molar-refractivity contribution >= 4 is 5.97 Å². The van der Waals surface area contributed by atoms with E-state index < -0.39 is 23.7 Å². The van der Waals surface area contributed by atoms with Gasteiger partial charge in [-0.25, -0.2) is 8.78 Å². The molecule has 1 N–H and O–H groups in total. The summed E-state index contributed by atoms with van der Waals surface area (Å²) in [7, 11) is 0. The first-order valence-corrected chi connectivity index (χ1v) is 3.47. The quantitative estimate of drug-likeness (QED) is 0.675. The normalized spacial score (nSPS) is 36.9. The Morgan fingerprint density at radius 3 is 2.36 bits per heavy atom. The Morgan fingerprint density at radius 1 is 1.64 bits per heavy atom. The van der Waals surface area contributed by atoms with Gasteiger partial charge in [0, 0.05) is 5.92 Å². The van der Waals surface area contributed by atoms with Gasteiger partial charge in [-0.3, -0.25) is 4.79 Å². The lowest BCUT2D eigenvalue weighted by Gasteiger charge is -2.41. The van der Waals surface area contributed by atoms with Crippen LogP contribution >= 0.6 is 0 Å². The minimum atomic E-state index is -2.36. The first-order chi connectivity index (χ1) is 4.96. The molecule has 1 fully saturated rings. The Labute approximate surface area is 63.2 Å². The maximum Gasteiger partial charge on any atom is 0.309 e. The van der Waals surface area contributed by atoms with Crippen molar-refractivity contribution in [2.24, 2.45) is 11.3 Å². The number of hydrogen-bond donors (Lipinski definition) is 1. The summed E-state index contributed by atoms with van der Waals surface area (Å²) in [4.78, 5) is 10.4. The fraction of sp³-hybridized carbons (Fsp3) is 0.857. The van der Waals surface area contributed by atoms with Crippen LogP contribution in [0.3, 0.4) is 0 Å². The Kier molecular flexibility index (Phi) is 1.86. The number of alkyl halides is 2. The summed E-state index contributed by atoms with van der Waals surface area (Å²) < 4.78 is 23.8. The molecular weight excluding hydrogens is 154 g/mol. The lowest BCUT2D eigenvalue weighted by molar-refractivity contribution is -0.161. The van der Waals surface area contributed by atoms with E-state index in [1.165, 1.54) is 6.92 Å². The van der Waals surface area contributed by atoms with Gasteiger partial charge in [-0.1, -0.05) is 0 Å². The molecule has 0 aromatic carbocycles. The smallest absolute Gasteiger partial charge is 0.309 e. The number of hydrogen-bond acceptors (Lipinski definition) is 1. The van der Waals surface area contributed by atoms with Crippen molar-refractivity contribution in [3.63, 3.8) is 0 Å². The predicted octanol–water partition coefficient (Wildman–Crippen LogP) is 1.75. The summed E-state index contributed by atoms with van der Waals surface area (Å²) in [6.07, 6.45) is -2.14. The zero-order valence-electron chi connectivity index (χ0n) is 6.18. The monoisotopic (exact) mass is 164 g/mol. The molecule has 1 aliphatic carbocycles. The van der Waals surface area contributed by atoms with Crippen molar-refractivity contribution in [3.8, 4) is 0 Å².